The first-order chi connectivity index (χ1) is 8.42. The fourth-order valence-corrected chi connectivity index (χ4v) is 2.73. The minimum Gasteiger partial charge on any atom is -0.464 e. The average molecular weight is 268 g/mol. The van der Waals surface area contributed by atoms with E-state index in [0.717, 1.165) is 11.1 Å². The van der Waals surface area contributed by atoms with E-state index in [4.69, 9.17) is 4.74 Å². The number of hydrogen-bond donors (Lipinski definition) is 1. The molecule has 1 aromatic rings. The maximum absolute atomic E-state index is 11.0. The summed E-state index contributed by atoms with van der Waals surface area (Å²) in [5, 5.41) is 10.1. The molecular weight excluding hydrogens is 248 g/mol. The van der Waals surface area contributed by atoms with Crippen molar-refractivity contribution in [3.05, 3.63) is 35.4 Å². The lowest BCUT2D eigenvalue weighted by atomic mass is 9.93. The number of thioether (sulfide) groups is 1. The summed E-state index contributed by atoms with van der Waals surface area (Å²) in [4.78, 5) is 11.0. The van der Waals surface area contributed by atoms with E-state index >= 15 is 0 Å². The van der Waals surface area contributed by atoms with Crippen LogP contribution in [0.2, 0.25) is 0 Å². The van der Waals surface area contributed by atoms with Gasteiger partial charge >= 0.3 is 5.97 Å². The number of aryl methyl sites for hydroxylation is 1. The Balaban J connectivity index is 3.09. The number of ether oxygens (including phenoxy) is 1. The van der Waals surface area contributed by atoms with Crippen molar-refractivity contribution >= 4 is 17.7 Å². The van der Waals surface area contributed by atoms with Crippen molar-refractivity contribution in [2.75, 3.05) is 12.9 Å². The number of carbonyl (C=O) groups is 1. The van der Waals surface area contributed by atoms with Gasteiger partial charge < -0.3 is 9.84 Å². The molecule has 0 aliphatic carbocycles. The zero-order valence-electron chi connectivity index (χ0n) is 11.3. The van der Waals surface area contributed by atoms with Gasteiger partial charge in [0.25, 0.3) is 0 Å². The summed E-state index contributed by atoms with van der Waals surface area (Å²) in [6.45, 7) is 5.28. The molecule has 0 aliphatic heterocycles. The monoisotopic (exact) mass is 268 g/mol. The van der Waals surface area contributed by atoms with E-state index in [2.05, 4.69) is 0 Å². The quantitative estimate of drug-likeness (QED) is 0.833. The molecule has 0 amide bonds. The minimum absolute atomic E-state index is 0.171. The van der Waals surface area contributed by atoms with Gasteiger partial charge in [0.2, 0.25) is 0 Å². The Morgan fingerprint density at radius 3 is 2.39 bits per heavy atom. The fourth-order valence-electron chi connectivity index (χ4n) is 1.84. The second-order valence-electron chi connectivity index (χ2n) is 4.42. The van der Waals surface area contributed by atoms with Crippen LogP contribution in [0.5, 0.6) is 0 Å². The van der Waals surface area contributed by atoms with Crippen molar-refractivity contribution in [2.45, 2.75) is 31.6 Å². The van der Waals surface area contributed by atoms with Crippen LogP contribution >= 0.6 is 11.8 Å². The summed E-state index contributed by atoms with van der Waals surface area (Å²) in [5.41, 5.74) is 2.13. The van der Waals surface area contributed by atoms with Gasteiger partial charge in [-0.3, -0.25) is 4.79 Å². The SMILES string of the molecule is CS[C@@](COC(C)=O)(c1ccc(C)cc1)[C@H](C)O. The molecule has 0 unspecified atom stereocenters. The van der Waals surface area contributed by atoms with Crippen LogP contribution in [-0.4, -0.2) is 30.0 Å². The first kappa shape index (κ1) is 15.1. The first-order valence-electron chi connectivity index (χ1n) is 5.86. The molecule has 0 aromatic heterocycles. The van der Waals surface area contributed by atoms with E-state index in [0.29, 0.717) is 0 Å². The lowest BCUT2D eigenvalue weighted by Crippen LogP contribution is -2.39. The molecule has 0 heterocycles. The third kappa shape index (κ3) is 3.27. The molecule has 0 bridgehead atoms. The van der Waals surface area contributed by atoms with Crippen LogP contribution in [0.25, 0.3) is 0 Å². The minimum atomic E-state index is -0.616. The smallest absolute Gasteiger partial charge is 0.302 e. The molecule has 0 saturated heterocycles. The number of aliphatic hydroxyl groups is 1. The summed E-state index contributed by atoms with van der Waals surface area (Å²) in [7, 11) is 0. The van der Waals surface area contributed by atoms with Crippen LogP contribution in [0.1, 0.15) is 25.0 Å². The first-order valence-corrected chi connectivity index (χ1v) is 7.08. The number of esters is 1. The van der Waals surface area contributed by atoms with Crippen LogP contribution in [0.3, 0.4) is 0 Å². The molecule has 0 radical (unpaired) electrons. The topological polar surface area (TPSA) is 46.5 Å². The summed E-state index contributed by atoms with van der Waals surface area (Å²) >= 11 is 1.50. The van der Waals surface area contributed by atoms with Gasteiger partial charge in [0.1, 0.15) is 11.4 Å². The second kappa shape index (κ2) is 6.25. The maximum Gasteiger partial charge on any atom is 0.302 e. The molecule has 1 aromatic carbocycles. The van der Waals surface area contributed by atoms with Crippen molar-refractivity contribution in [2.24, 2.45) is 0 Å². The van der Waals surface area contributed by atoms with Crippen molar-refractivity contribution in [1.82, 2.24) is 0 Å². The van der Waals surface area contributed by atoms with E-state index < -0.39 is 10.9 Å². The van der Waals surface area contributed by atoms with Gasteiger partial charge in [-0.25, -0.2) is 0 Å². The van der Waals surface area contributed by atoms with Crippen molar-refractivity contribution in [1.29, 1.82) is 0 Å². The lowest BCUT2D eigenvalue weighted by molar-refractivity contribution is -0.142. The Hall–Kier alpha value is -1.00. The van der Waals surface area contributed by atoms with Gasteiger partial charge in [-0.05, 0) is 25.7 Å². The Bertz CT molecular complexity index is 400. The highest BCUT2D eigenvalue weighted by molar-refractivity contribution is 7.99. The zero-order valence-corrected chi connectivity index (χ0v) is 12.1. The van der Waals surface area contributed by atoms with Gasteiger partial charge in [-0.2, -0.15) is 0 Å². The Kier molecular flexibility index (Phi) is 5.23. The Morgan fingerprint density at radius 2 is 2.00 bits per heavy atom. The molecule has 4 heteroatoms. The molecule has 0 spiro atoms. The third-order valence-corrected chi connectivity index (χ3v) is 4.49. The highest BCUT2D eigenvalue weighted by atomic mass is 32.2. The molecule has 1 N–H and O–H groups in total. The largest absolute Gasteiger partial charge is 0.464 e. The number of hydrogen-bond acceptors (Lipinski definition) is 4. The zero-order chi connectivity index (χ0) is 13.8. The predicted molar refractivity (Wildman–Crippen MR) is 74.7 cm³/mol. The maximum atomic E-state index is 11.0. The second-order valence-corrected chi connectivity index (χ2v) is 5.55. The number of aliphatic hydroxyl groups excluding tert-OH is 1. The van der Waals surface area contributed by atoms with E-state index in [1.807, 2.05) is 37.4 Å². The summed E-state index contributed by atoms with van der Waals surface area (Å²) < 4.78 is 4.51. The molecule has 18 heavy (non-hydrogen) atoms. The van der Waals surface area contributed by atoms with E-state index in [1.54, 1.807) is 6.92 Å². The van der Waals surface area contributed by atoms with Gasteiger partial charge in [-0.1, -0.05) is 29.8 Å². The fraction of sp³-hybridized carbons (Fsp3) is 0.500. The van der Waals surface area contributed by atoms with Crippen molar-refractivity contribution in [3.63, 3.8) is 0 Å². The molecule has 100 valence electrons. The van der Waals surface area contributed by atoms with E-state index in [9.17, 15) is 9.90 Å². The molecule has 2 atom stereocenters. The predicted octanol–water partition coefficient (Wildman–Crippen LogP) is 2.50. The van der Waals surface area contributed by atoms with E-state index in [-0.39, 0.29) is 12.6 Å². The van der Waals surface area contributed by atoms with Gasteiger partial charge in [-0.15, -0.1) is 11.8 Å². The van der Waals surface area contributed by atoms with E-state index in [1.165, 1.54) is 18.7 Å². The van der Waals surface area contributed by atoms with Crippen LogP contribution < -0.4 is 0 Å². The number of rotatable bonds is 5. The molecule has 1 rings (SSSR count). The van der Waals surface area contributed by atoms with Crippen molar-refractivity contribution < 1.29 is 14.6 Å². The van der Waals surface area contributed by atoms with Crippen LogP contribution in [0, 0.1) is 6.92 Å². The molecular formula is C14H20O3S. The highest BCUT2D eigenvalue weighted by Gasteiger charge is 2.38. The Labute approximate surface area is 113 Å². The average Bonchev–Trinajstić information content (AvgIpc) is 2.31. The summed E-state index contributed by atoms with van der Waals surface area (Å²) in [6.07, 6.45) is 1.30. The van der Waals surface area contributed by atoms with Crippen LogP contribution in [0.15, 0.2) is 24.3 Å². The van der Waals surface area contributed by atoms with Crippen LogP contribution in [0.4, 0.5) is 0 Å². The molecule has 0 saturated carbocycles. The summed E-state index contributed by atoms with van der Waals surface area (Å²) in [5.74, 6) is -0.332. The molecule has 0 aliphatic rings. The van der Waals surface area contributed by atoms with Crippen LogP contribution in [-0.2, 0) is 14.3 Å². The Morgan fingerprint density at radius 1 is 1.44 bits per heavy atom. The van der Waals surface area contributed by atoms with Crippen molar-refractivity contribution in [3.8, 4) is 0 Å². The van der Waals surface area contributed by atoms with Gasteiger partial charge in [0, 0.05) is 6.92 Å². The highest BCUT2D eigenvalue weighted by Crippen LogP contribution is 2.38. The summed E-state index contributed by atoms with van der Waals surface area (Å²) in [6, 6.07) is 7.94. The van der Waals surface area contributed by atoms with Gasteiger partial charge in [0.15, 0.2) is 0 Å². The standard InChI is InChI=1S/C14H20O3S/c1-10-5-7-13(8-6-10)14(18-4,11(2)15)9-17-12(3)16/h5-8,11,15H,9H2,1-4H3/t11-,14+/m0/s1. The lowest BCUT2D eigenvalue weighted by Gasteiger charge is -2.34. The molecule has 3 nitrogen and oxygen atoms in total. The number of benzene rings is 1. The molecule has 0 fully saturated rings. The third-order valence-electron chi connectivity index (χ3n) is 3.07. The van der Waals surface area contributed by atoms with Gasteiger partial charge in [0.05, 0.1) is 6.10 Å². The number of carbonyl (C=O) groups excluding carboxylic acids is 1. The normalized spacial score (nSPS) is 15.8.